The molecule has 2 rings (SSSR count). The predicted octanol–water partition coefficient (Wildman–Crippen LogP) is -3.67. The molecule has 0 unspecified atom stereocenters. The summed E-state index contributed by atoms with van der Waals surface area (Å²) in [6.07, 6.45) is 0. The molecular formula is C14H19ClN2O4. The van der Waals surface area contributed by atoms with Gasteiger partial charge in [0, 0.05) is 5.69 Å². The number of quaternary nitrogens is 1. The van der Waals surface area contributed by atoms with E-state index < -0.39 is 0 Å². The van der Waals surface area contributed by atoms with Crippen molar-refractivity contribution in [3.8, 4) is 0 Å². The number of methoxy groups -OCH3 is 1. The molecule has 21 heavy (non-hydrogen) atoms. The smallest absolute Gasteiger partial charge is 0.337 e. The van der Waals surface area contributed by atoms with Crippen LogP contribution in [0.1, 0.15) is 10.4 Å². The maximum absolute atomic E-state index is 11.9. The molecule has 2 N–H and O–H groups in total. The van der Waals surface area contributed by atoms with E-state index in [0.29, 0.717) is 31.0 Å². The number of morpholine rings is 1. The summed E-state index contributed by atoms with van der Waals surface area (Å²) >= 11 is 0. The second-order valence-electron chi connectivity index (χ2n) is 4.66. The van der Waals surface area contributed by atoms with Gasteiger partial charge in [-0.15, -0.1) is 0 Å². The molecule has 116 valence electrons. The lowest BCUT2D eigenvalue weighted by Crippen LogP contribution is -3.15. The molecule has 0 radical (unpaired) electrons. The Hall–Kier alpha value is -1.63. The normalized spacial score (nSPS) is 14.9. The average molecular weight is 315 g/mol. The second kappa shape index (κ2) is 8.61. The SMILES string of the molecule is COC(=O)c1ccc(NC(=O)C[NH+]2CCOCC2)cc1.[Cl-]. The van der Waals surface area contributed by atoms with Crippen molar-refractivity contribution in [1.29, 1.82) is 0 Å². The Morgan fingerprint density at radius 2 is 1.86 bits per heavy atom. The molecule has 7 heteroatoms. The molecule has 1 amide bonds. The topological polar surface area (TPSA) is 69.1 Å². The van der Waals surface area contributed by atoms with Crippen LogP contribution >= 0.6 is 0 Å². The third-order valence-corrected chi connectivity index (χ3v) is 3.20. The summed E-state index contributed by atoms with van der Waals surface area (Å²) in [6, 6.07) is 6.64. The third kappa shape index (κ3) is 5.34. The van der Waals surface area contributed by atoms with Gasteiger partial charge in [-0.25, -0.2) is 4.79 Å². The van der Waals surface area contributed by atoms with Crippen LogP contribution in [0.4, 0.5) is 5.69 Å². The Kier molecular flexibility index (Phi) is 7.14. The number of carbonyl (C=O) groups is 2. The monoisotopic (exact) mass is 314 g/mol. The van der Waals surface area contributed by atoms with Gasteiger partial charge in [-0.2, -0.15) is 0 Å². The van der Waals surface area contributed by atoms with E-state index in [-0.39, 0.29) is 24.3 Å². The number of rotatable bonds is 4. The summed E-state index contributed by atoms with van der Waals surface area (Å²) in [7, 11) is 1.34. The molecule has 0 saturated carbocycles. The van der Waals surface area contributed by atoms with Gasteiger partial charge < -0.3 is 32.1 Å². The van der Waals surface area contributed by atoms with E-state index in [9.17, 15) is 9.59 Å². The van der Waals surface area contributed by atoms with Gasteiger partial charge in [0.05, 0.1) is 25.9 Å². The quantitative estimate of drug-likeness (QED) is 0.562. The fourth-order valence-electron chi connectivity index (χ4n) is 2.08. The molecule has 1 aromatic carbocycles. The number of anilines is 1. The first-order chi connectivity index (χ1) is 9.69. The molecule has 1 aliphatic rings. The lowest BCUT2D eigenvalue weighted by atomic mass is 10.2. The van der Waals surface area contributed by atoms with E-state index in [1.165, 1.54) is 12.0 Å². The van der Waals surface area contributed by atoms with Crippen LogP contribution in [-0.4, -0.2) is 51.8 Å². The Morgan fingerprint density at radius 3 is 2.43 bits per heavy atom. The van der Waals surface area contributed by atoms with E-state index in [2.05, 4.69) is 10.1 Å². The molecule has 1 fully saturated rings. The molecule has 1 aliphatic heterocycles. The Balaban J connectivity index is 0.00000220. The van der Waals surface area contributed by atoms with Crippen LogP contribution in [0.5, 0.6) is 0 Å². The molecule has 0 bridgehead atoms. The first-order valence-electron chi connectivity index (χ1n) is 6.58. The summed E-state index contributed by atoms with van der Waals surface area (Å²) < 4.78 is 9.87. The second-order valence-corrected chi connectivity index (χ2v) is 4.66. The van der Waals surface area contributed by atoms with Crippen LogP contribution < -0.4 is 22.6 Å². The fraction of sp³-hybridized carbons (Fsp3) is 0.429. The van der Waals surface area contributed by atoms with Crippen molar-refractivity contribution in [2.24, 2.45) is 0 Å². The van der Waals surface area contributed by atoms with E-state index in [1.54, 1.807) is 24.3 Å². The summed E-state index contributed by atoms with van der Waals surface area (Å²) in [5.41, 5.74) is 1.14. The molecule has 1 aromatic rings. The Bertz CT molecular complexity index is 472. The lowest BCUT2D eigenvalue weighted by Gasteiger charge is -2.23. The summed E-state index contributed by atoms with van der Waals surface area (Å²) in [5.74, 6) is -0.423. The fourth-order valence-corrected chi connectivity index (χ4v) is 2.08. The highest BCUT2D eigenvalue weighted by molar-refractivity contribution is 5.93. The molecule has 1 heterocycles. The van der Waals surface area contributed by atoms with Crippen molar-refractivity contribution >= 4 is 17.6 Å². The first-order valence-corrected chi connectivity index (χ1v) is 6.58. The first kappa shape index (κ1) is 17.4. The minimum absolute atomic E-state index is 0. The van der Waals surface area contributed by atoms with Gasteiger partial charge in [0.2, 0.25) is 0 Å². The van der Waals surface area contributed by atoms with Gasteiger partial charge in [-0.1, -0.05) is 0 Å². The van der Waals surface area contributed by atoms with Crippen molar-refractivity contribution in [3.05, 3.63) is 29.8 Å². The summed E-state index contributed by atoms with van der Waals surface area (Å²) in [6.45, 7) is 3.55. The number of esters is 1. The van der Waals surface area contributed by atoms with Crippen molar-refractivity contribution in [2.75, 3.05) is 45.3 Å². The molecule has 0 spiro atoms. The third-order valence-electron chi connectivity index (χ3n) is 3.20. The number of hydrogen-bond acceptors (Lipinski definition) is 4. The zero-order chi connectivity index (χ0) is 14.4. The zero-order valence-electron chi connectivity index (χ0n) is 11.9. The van der Waals surface area contributed by atoms with Crippen molar-refractivity contribution in [1.82, 2.24) is 0 Å². The Labute approximate surface area is 129 Å². The van der Waals surface area contributed by atoms with E-state index in [0.717, 1.165) is 13.1 Å². The minimum Gasteiger partial charge on any atom is -1.00 e. The summed E-state index contributed by atoms with van der Waals surface area (Å²) in [4.78, 5) is 24.4. The van der Waals surface area contributed by atoms with Crippen molar-refractivity contribution in [3.63, 3.8) is 0 Å². The van der Waals surface area contributed by atoms with E-state index in [1.807, 2.05) is 0 Å². The van der Waals surface area contributed by atoms with Crippen LogP contribution in [-0.2, 0) is 14.3 Å². The number of benzene rings is 1. The number of amides is 1. The molecule has 6 nitrogen and oxygen atoms in total. The van der Waals surface area contributed by atoms with E-state index in [4.69, 9.17) is 4.74 Å². The standard InChI is InChI=1S/C14H18N2O4.ClH/c1-19-14(18)11-2-4-12(5-3-11)15-13(17)10-16-6-8-20-9-7-16;/h2-5H,6-10H2,1H3,(H,15,17);1H. The van der Waals surface area contributed by atoms with Crippen LogP contribution in [0.3, 0.4) is 0 Å². The molecule has 1 saturated heterocycles. The highest BCUT2D eigenvalue weighted by Gasteiger charge is 2.17. The molecule has 0 atom stereocenters. The van der Waals surface area contributed by atoms with Gasteiger partial charge in [-0.05, 0) is 24.3 Å². The highest BCUT2D eigenvalue weighted by atomic mass is 35.5. The van der Waals surface area contributed by atoms with Gasteiger partial charge in [0.1, 0.15) is 13.1 Å². The van der Waals surface area contributed by atoms with Gasteiger partial charge in [0.15, 0.2) is 6.54 Å². The number of carbonyl (C=O) groups excluding carboxylic acids is 2. The number of hydrogen-bond donors (Lipinski definition) is 2. The largest absolute Gasteiger partial charge is 1.00 e. The Morgan fingerprint density at radius 1 is 1.24 bits per heavy atom. The number of nitrogens with one attached hydrogen (secondary N) is 2. The van der Waals surface area contributed by atoms with Crippen LogP contribution in [0.25, 0.3) is 0 Å². The maximum Gasteiger partial charge on any atom is 0.337 e. The molecule has 0 aromatic heterocycles. The van der Waals surface area contributed by atoms with Crippen molar-refractivity contribution < 1.29 is 36.4 Å². The molecule has 0 aliphatic carbocycles. The van der Waals surface area contributed by atoms with Crippen LogP contribution in [0.15, 0.2) is 24.3 Å². The maximum atomic E-state index is 11.9. The van der Waals surface area contributed by atoms with Crippen LogP contribution in [0, 0.1) is 0 Å². The molecular weight excluding hydrogens is 296 g/mol. The zero-order valence-corrected chi connectivity index (χ0v) is 12.6. The predicted molar refractivity (Wildman–Crippen MR) is 72.8 cm³/mol. The summed E-state index contributed by atoms with van der Waals surface area (Å²) in [5, 5.41) is 2.82. The minimum atomic E-state index is -0.388. The van der Waals surface area contributed by atoms with Gasteiger partial charge >= 0.3 is 5.97 Å². The van der Waals surface area contributed by atoms with Crippen LogP contribution in [0.2, 0.25) is 0 Å². The highest BCUT2D eigenvalue weighted by Crippen LogP contribution is 2.09. The average Bonchev–Trinajstić information content (AvgIpc) is 2.48. The van der Waals surface area contributed by atoms with Crippen molar-refractivity contribution in [2.45, 2.75) is 0 Å². The van der Waals surface area contributed by atoms with E-state index >= 15 is 0 Å². The lowest BCUT2D eigenvalue weighted by molar-refractivity contribution is -0.899. The number of ether oxygens (including phenoxy) is 2. The van der Waals surface area contributed by atoms with Gasteiger partial charge in [0.25, 0.3) is 5.91 Å². The number of halogens is 1. The van der Waals surface area contributed by atoms with Gasteiger partial charge in [-0.3, -0.25) is 4.79 Å².